The first kappa shape index (κ1) is 68.9. The highest BCUT2D eigenvalue weighted by atomic mass is 35.5. The monoisotopic (exact) mass is 1330 g/mol. The number of para-hydroxylation sites is 4. The van der Waals surface area contributed by atoms with Crippen molar-refractivity contribution >= 4 is 132 Å². The maximum atomic E-state index is 11.7. The number of benzene rings is 4. The number of alkyl carbamates (subject to hydrolysis) is 2. The molecule has 0 bridgehead atoms. The average molecular weight is 1330 g/mol. The highest BCUT2D eigenvalue weighted by Crippen LogP contribution is 2.29. The Morgan fingerprint density at radius 2 is 0.846 bits per heavy atom. The van der Waals surface area contributed by atoms with E-state index >= 15 is 0 Å². The molecule has 5 N–H and O–H groups in total. The van der Waals surface area contributed by atoms with Gasteiger partial charge in [0, 0.05) is 105 Å². The highest BCUT2D eigenvalue weighted by molar-refractivity contribution is 6.40. The highest BCUT2D eigenvalue weighted by Gasteiger charge is 2.32. The van der Waals surface area contributed by atoms with Crippen LogP contribution in [0.4, 0.5) is 27.0 Å². The third kappa shape index (κ3) is 21.0. The summed E-state index contributed by atoms with van der Waals surface area (Å²) in [7, 11) is 0. The number of fused-ring (bicyclic) bond motifs is 4. The Morgan fingerprint density at radius 3 is 1.23 bits per heavy atom. The van der Waals surface area contributed by atoms with Crippen molar-refractivity contribution in [2.24, 2.45) is 11.7 Å². The van der Waals surface area contributed by atoms with Gasteiger partial charge in [-0.15, -0.1) is 12.4 Å². The van der Waals surface area contributed by atoms with Crippen molar-refractivity contribution in [2.45, 2.75) is 77.3 Å². The maximum Gasteiger partial charge on any atom is 0.407 e. The minimum absolute atomic E-state index is 0. The number of aromatic nitrogens is 8. The van der Waals surface area contributed by atoms with Gasteiger partial charge in [-0.2, -0.15) is 0 Å². The normalized spacial score (nSPS) is 14.6. The van der Waals surface area contributed by atoms with Crippen LogP contribution in [0.15, 0.2) is 170 Å². The number of carbonyl (C=O) groups is 2. The number of nitrogens with two attached hydrogens (primary N) is 1. The number of amides is 2. The number of nitrogens with zero attached hydrogens (tertiary/aromatic N) is 11. The SMILES string of the molecule is CC(C)(C)OC(=O)NC1CN(c2ccc3ccccc3n2)C1.CC(C)(C)OC(=O)NC1CNC1.Cl.Clc1ccc2ccccc2n1.Clc1nccnc1CC1CN(c2ccc3ccccc3n2)C1.Clc1nccnc1Cl.NC1CN(c2ccc3ccccc3n2)C1. The van der Waals surface area contributed by atoms with Gasteiger partial charge in [-0.1, -0.05) is 119 Å². The van der Waals surface area contributed by atoms with E-state index in [9.17, 15) is 9.59 Å². The number of carbonyl (C=O) groups excluding carboxylic acids is 2. The van der Waals surface area contributed by atoms with E-state index in [4.69, 9.17) is 66.6 Å². The molecule has 10 heterocycles. The number of nitrogens with one attached hydrogen (secondary N) is 3. The Labute approximate surface area is 556 Å². The second-order valence-electron chi connectivity index (χ2n) is 23.7. The van der Waals surface area contributed by atoms with E-state index in [1.807, 2.05) is 126 Å². The van der Waals surface area contributed by atoms with E-state index in [0.29, 0.717) is 22.3 Å². The molecule has 6 aromatic heterocycles. The first-order chi connectivity index (χ1) is 43.2. The standard InChI is InChI=1S/C17H15ClN4.C17H21N3O2.C12H13N3.C9H6ClN.C8H16N2O2.C4H2Cl2N2.ClH/c18-17-15(19-7-8-20-17)9-12-10-22(11-12)16-6-5-13-3-1-2-4-14(13)21-16;1-17(2,3)22-16(21)18-13-10-20(11-13)15-9-8-12-6-4-5-7-14(12)19-15;13-10-7-15(8-10)12-6-5-9-3-1-2-4-11(9)14-12;10-9-6-5-7-3-1-2-4-8(7)11-9;1-8(2,3)12-7(11)10-6-4-9-5-6;5-3-4(6)8-2-1-7-3;/h1-8,12H,9-11H2;4-9,13H,10-11H2,1-3H3,(H,18,21);1-6,10H,7-8,13H2;1-6H;6,9H,4-5H2,1-3H3,(H,10,11);1-2H;1H. The van der Waals surface area contributed by atoms with E-state index in [1.54, 1.807) is 18.5 Å². The third-order valence-corrected chi connectivity index (χ3v) is 15.3. The zero-order valence-corrected chi connectivity index (χ0v) is 55.2. The van der Waals surface area contributed by atoms with Gasteiger partial charge in [0.15, 0.2) is 10.3 Å². The van der Waals surface area contributed by atoms with Crippen molar-refractivity contribution in [1.29, 1.82) is 0 Å². The molecule has 4 aromatic carbocycles. The lowest BCUT2D eigenvalue weighted by molar-refractivity contribution is 0.0479. The van der Waals surface area contributed by atoms with Crippen LogP contribution in [-0.4, -0.2) is 134 Å². The first-order valence-corrected chi connectivity index (χ1v) is 31.0. The number of anilines is 3. The molecule has 4 fully saturated rings. The van der Waals surface area contributed by atoms with Crippen molar-refractivity contribution in [3.63, 3.8) is 0 Å². The van der Waals surface area contributed by atoms with Crippen LogP contribution >= 0.6 is 58.8 Å². The summed E-state index contributed by atoms with van der Waals surface area (Å²) in [5.74, 6) is 3.58. The van der Waals surface area contributed by atoms with E-state index < -0.39 is 11.2 Å². The van der Waals surface area contributed by atoms with Gasteiger partial charge in [-0.25, -0.2) is 44.5 Å². The molecular formula is C67H74Cl5N15O4. The van der Waals surface area contributed by atoms with Gasteiger partial charge in [-0.3, -0.25) is 4.98 Å². The van der Waals surface area contributed by atoms with Crippen LogP contribution in [0.5, 0.6) is 0 Å². The lowest BCUT2D eigenvalue weighted by Crippen LogP contribution is -2.60. The molecule has 19 nitrogen and oxygen atoms in total. The van der Waals surface area contributed by atoms with E-state index in [0.717, 1.165) is 115 Å². The van der Waals surface area contributed by atoms with Gasteiger partial charge in [0.05, 0.1) is 39.8 Å². The van der Waals surface area contributed by atoms with Crippen LogP contribution in [0.3, 0.4) is 0 Å². The summed E-state index contributed by atoms with van der Waals surface area (Å²) in [6.45, 7) is 18.2. The molecule has 2 amide bonds. The van der Waals surface area contributed by atoms with Gasteiger partial charge >= 0.3 is 12.2 Å². The number of hydrogen-bond acceptors (Lipinski definition) is 17. The molecule has 0 saturated carbocycles. The summed E-state index contributed by atoms with van der Waals surface area (Å²) in [5.41, 5.74) is 9.80. The molecule has 24 heteroatoms. The van der Waals surface area contributed by atoms with Crippen LogP contribution < -0.4 is 36.4 Å². The molecule has 0 aliphatic carbocycles. The van der Waals surface area contributed by atoms with Gasteiger partial charge in [-0.05, 0) is 127 Å². The van der Waals surface area contributed by atoms with Crippen molar-refractivity contribution in [3.8, 4) is 0 Å². The fourth-order valence-corrected chi connectivity index (χ4v) is 10.0. The fraction of sp³-hybridized carbons (Fsp3) is 0.313. The van der Waals surface area contributed by atoms with Crippen molar-refractivity contribution in [2.75, 3.05) is 67.1 Å². The lowest BCUT2D eigenvalue weighted by atomic mass is 9.94. The predicted octanol–water partition coefficient (Wildman–Crippen LogP) is 13.3. The lowest BCUT2D eigenvalue weighted by Gasteiger charge is -2.40. The van der Waals surface area contributed by atoms with E-state index in [-0.39, 0.29) is 47.0 Å². The molecule has 0 unspecified atom stereocenters. The van der Waals surface area contributed by atoms with Crippen molar-refractivity contribution < 1.29 is 19.1 Å². The predicted molar refractivity (Wildman–Crippen MR) is 369 cm³/mol. The van der Waals surface area contributed by atoms with Gasteiger partial charge in [0.2, 0.25) is 0 Å². The summed E-state index contributed by atoms with van der Waals surface area (Å²) < 4.78 is 10.3. The number of hydrogen-bond donors (Lipinski definition) is 4. The Bertz CT molecular complexity index is 3990. The Morgan fingerprint density at radius 1 is 0.484 bits per heavy atom. The number of halogens is 5. The third-order valence-electron chi connectivity index (χ3n) is 14.1. The smallest absolute Gasteiger partial charge is 0.407 e. The summed E-state index contributed by atoms with van der Waals surface area (Å²) in [4.78, 5) is 63.3. The first-order valence-electron chi connectivity index (χ1n) is 29.5. The molecular weight excluding hydrogens is 1260 g/mol. The topological polar surface area (TPSA) is 228 Å². The molecule has 0 spiro atoms. The summed E-state index contributed by atoms with van der Waals surface area (Å²) in [6.07, 6.45) is 6.47. The fourth-order valence-electron chi connectivity index (χ4n) is 9.48. The summed E-state index contributed by atoms with van der Waals surface area (Å²) in [5, 5.41) is 14.9. The average Bonchev–Trinajstić information content (AvgIpc) is 1.63. The Balaban J connectivity index is 0.000000145. The molecule has 4 saturated heterocycles. The number of ether oxygens (including phenoxy) is 2. The van der Waals surface area contributed by atoms with E-state index in [1.165, 1.54) is 23.2 Å². The summed E-state index contributed by atoms with van der Waals surface area (Å²) >= 11 is 22.6. The molecule has 4 aliphatic rings. The quantitative estimate of drug-likeness (QED) is 0.109. The molecule has 0 radical (unpaired) electrons. The largest absolute Gasteiger partial charge is 0.444 e. The zero-order chi connectivity index (χ0) is 63.8. The molecule has 14 rings (SSSR count). The molecule has 4 aliphatic heterocycles. The van der Waals surface area contributed by atoms with Crippen molar-refractivity contribution in [3.05, 3.63) is 197 Å². The minimum atomic E-state index is -0.465. The van der Waals surface area contributed by atoms with Crippen LogP contribution in [0.2, 0.25) is 20.6 Å². The maximum absolute atomic E-state index is 11.7. The van der Waals surface area contributed by atoms with Gasteiger partial charge in [0.25, 0.3) is 0 Å². The molecule has 0 atom stereocenters. The summed E-state index contributed by atoms with van der Waals surface area (Å²) in [6, 6.07) is 49.2. The van der Waals surface area contributed by atoms with Crippen LogP contribution in [-0.2, 0) is 15.9 Å². The second kappa shape index (κ2) is 32.3. The van der Waals surface area contributed by atoms with Gasteiger partial charge < -0.3 is 45.9 Å². The Hall–Kier alpha value is -8.01. The van der Waals surface area contributed by atoms with Crippen LogP contribution in [0.25, 0.3) is 43.6 Å². The minimum Gasteiger partial charge on any atom is -0.444 e. The number of pyridine rings is 4. The van der Waals surface area contributed by atoms with Gasteiger partial charge in [0.1, 0.15) is 39.0 Å². The number of rotatable bonds is 7. The zero-order valence-electron chi connectivity index (χ0n) is 51.4. The van der Waals surface area contributed by atoms with E-state index in [2.05, 4.69) is 120 Å². The van der Waals surface area contributed by atoms with Crippen molar-refractivity contribution in [1.82, 2.24) is 55.8 Å². The Kier molecular flexibility index (Phi) is 24.5. The molecule has 476 valence electrons. The second-order valence-corrected chi connectivity index (χ2v) is 25.2. The molecule has 10 aromatic rings. The van der Waals surface area contributed by atoms with Crippen LogP contribution in [0, 0.1) is 5.92 Å². The molecule has 91 heavy (non-hydrogen) atoms. The van der Waals surface area contributed by atoms with Crippen LogP contribution in [0.1, 0.15) is 47.2 Å².